The minimum absolute atomic E-state index is 0.137. The second-order valence-corrected chi connectivity index (χ2v) is 13.6. The standard InChI is InChI=1S/C32H40FN7O/c1-19(37-29-36-8-9-40(29)2)23-11-25(21-6-7-21)27(26(33)12-23)38-24-5-3-4-22(10-24)28(41)39-32-15-20-13-30(34,17-32)16-31(35,14-20)18-32/h3-5,10-12,20-21,38H,1,6-9,13-18,34-35H2,2H3,(H,36,37)(H,39,41)/t20-,30-,31+,32-. The van der Waals surface area contributed by atoms with Gasteiger partial charge in [0.1, 0.15) is 5.82 Å². The van der Waals surface area contributed by atoms with Crippen LogP contribution in [0, 0.1) is 11.7 Å². The van der Waals surface area contributed by atoms with Gasteiger partial charge in [0.05, 0.1) is 11.4 Å². The highest BCUT2D eigenvalue weighted by Crippen LogP contribution is 2.57. The molecule has 4 bridgehead atoms. The molecule has 5 saturated carbocycles. The maximum absolute atomic E-state index is 15.7. The second kappa shape index (κ2) is 9.29. The maximum atomic E-state index is 15.7. The highest BCUT2D eigenvalue weighted by molar-refractivity contribution is 5.96. The summed E-state index contributed by atoms with van der Waals surface area (Å²) < 4.78 is 15.7. The highest BCUT2D eigenvalue weighted by atomic mass is 19.1. The number of carbonyl (C=O) groups is 1. The van der Waals surface area contributed by atoms with E-state index in [2.05, 4.69) is 27.5 Å². The van der Waals surface area contributed by atoms with Crippen LogP contribution in [0.1, 0.15) is 78.8 Å². The van der Waals surface area contributed by atoms with Crippen molar-refractivity contribution < 1.29 is 9.18 Å². The Morgan fingerprint density at radius 2 is 1.85 bits per heavy atom. The number of hydrogen-bond acceptors (Lipinski definition) is 5. The summed E-state index contributed by atoms with van der Waals surface area (Å²) in [6.45, 7) is 5.81. The van der Waals surface area contributed by atoms with Gasteiger partial charge in [-0.15, -0.1) is 0 Å². The van der Waals surface area contributed by atoms with E-state index in [0.717, 1.165) is 76.0 Å². The zero-order valence-electron chi connectivity index (χ0n) is 23.7. The molecular formula is C32H40FN7O. The van der Waals surface area contributed by atoms with Gasteiger partial charge in [0.15, 0.2) is 5.96 Å². The molecule has 6 aliphatic rings. The highest BCUT2D eigenvalue weighted by Gasteiger charge is 2.61. The van der Waals surface area contributed by atoms with Crippen LogP contribution in [0.25, 0.3) is 5.70 Å². The topological polar surface area (TPSA) is 121 Å². The van der Waals surface area contributed by atoms with Crippen molar-refractivity contribution in [3.8, 4) is 0 Å². The lowest BCUT2D eigenvalue weighted by atomic mass is 9.47. The zero-order valence-corrected chi connectivity index (χ0v) is 23.7. The fourth-order valence-corrected chi connectivity index (χ4v) is 8.46. The summed E-state index contributed by atoms with van der Waals surface area (Å²) in [6.07, 6.45) is 7.31. The lowest BCUT2D eigenvalue weighted by molar-refractivity contribution is -0.0466. The monoisotopic (exact) mass is 557 g/mol. The fourth-order valence-electron chi connectivity index (χ4n) is 8.46. The molecule has 4 atom stereocenters. The van der Waals surface area contributed by atoms with Crippen molar-refractivity contribution in [2.75, 3.05) is 25.5 Å². The molecule has 8 rings (SSSR count). The molecule has 6 fully saturated rings. The Morgan fingerprint density at radius 3 is 2.51 bits per heavy atom. The number of amides is 1. The van der Waals surface area contributed by atoms with Gasteiger partial charge in [-0.05, 0) is 99.1 Å². The number of nitrogens with zero attached hydrogens (tertiary/aromatic N) is 2. The van der Waals surface area contributed by atoms with E-state index in [-0.39, 0.29) is 34.3 Å². The summed E-state index contributed by atoms with van der Waals surface area (Å²) in [6, 6.07) is 10.8. The summed E-state index contributed by atoms with van der Waals surface area (Å²) in [5, 5.41) is 9.89. The van der Waals surface area contributed by atoms with Gasteiger partial charge in [0.25, 0.3) is 5.91 Å². The van der Waals surface area contributed by atoms with E-state index >= 15 is 4.39 Å². The molecular weight excluding hydrogens is 517 g/mol. The Kier molecular flexibility index (Phi) is 6.00. The molecule has 0 unspecified atom stereocenters. The predicted molar refractivity (Wildman–Crippen MR) is 160 cm³/mol. The van der Waals surface area contributed by atoms with E-state index < -0.39 is 0 Å². The molecule has 8 nitrogen and oxygen atoms in total. The summed E-state index contributed by atoms with van der Waals surface area (Å²) >= 11 is 0. The largest absolute Gasteiger partial charge is 0.354 e. The van der Waals surface area contributed by atoms with E-state index in [9.17, 15) is 4.79 Å². The van der Waals surface area contributed by atoms with Crippen molar-refractivity contribution in [1.82, 2.24) is 15.5 Å². The third-order valence-electron chi connectivity index (χ3n) is 9.73. The van der Waals surface area contributed by atoms with Gasteiger partial charge in [0.2, 0.25) is 0 Å². The number of nitrogens with one attached hydrogen (secondary N) is 3. The van der Waals surface area contributed by atoms with Crippen LogP contribution in [-0.4, -0.2) is 53.5 Å². The Bertz CT molecular complexity index is 1450. The number of nitrogens with two attached hydrogens (primary N) is 2. The molecule has 0 radical (unpaired) electrons. The first-order valence-corrected chi connectivity index (χ1v) is 14.8. The van der Waals surface area contributed by atoms with Crippen LogP contribution in [0.4, 0.5) is 15.8 Å². The van der Waals surface area contributed by atoms with Crippen LogP contribution in [0.15, 0.2) is 48.0 Å². The van der Waals surface area contributed by atoms with Gasteiger partial charge in [-0.3, -0.25) is 4.79 Å². The molecule has 7 N–H and O–H groups in total. The van der Waals surface area contributed by atoms with Gasteiger partial charge < -0.3 is 32.3 Å². The summed E-state index contributed by atoms with van der Waals surface area (Å²) in [4.78, 5) is 20.2. The van der Waals surface area contributed by atoms with E-state index in [0.29, 0.717) is 34.1 Å². The van der Waals surface area contributed by atoms with Crippen molar-refractivity contribution in [3.05, 3.63) is 65.5 Å². The lowest BCUT2D eigenvalue weighted by Gasteiger charge is -2.64. The number of likely N-dealkylation sites (N-methyl/N-ethyl adjacent to an activating group) is 1. The average Bonchev–Trinajstić information content (AvgIpc) is 3.65. The lowest BCUT2D eigenvalue weighted by Crippen LogP contribution is -2.75. The summed E-state index contributed by atoms with van der Waals surface area (Å²) in [5.41, 5.74) is 16.3. The molecule has 0 aromatic heterocycles. The average molecular weight is 558 g/mol. The number of guanidine groups is 1. The first kappa shape index (κ1) is 26.5. The Hall–Kier alpha value is -3.43. The predicted octanol–water partition coefficient (Wildman–Crippen LogP) is 4.17. The molecule has 2 aromatic carbocycles. The fraction of sp³-hybridized carbons (Fsp3) is 0.500. The molecule has 41 heavy (non-hydrogen) atoms. The van der Waals surface area contributed by atoms with Gasteiger partial charge in [-0.2, -0.15) is 0 Å². The van der Waals surface area contributed by atoms with E-state index in [1.54, 1.807) is 12.1 Å². The zero-order chi connectivity index (χ0) is 28.6. The van der Waals surface area contributed by atoms with Crippen LogP contribution in [0.3, 0.4) is 0 Å². The molecule has 1 aliphatic heterocycles. The van der Waals surface area contributed by atoms with Gasteiger partial charge in [-0.25, -0.2) is 9.38 Å². The van der Waals surface area contributed by atoms with Crippen molar-refractivity contribution in [2.24, 2.45) is 22.4 Å². The SMILES string of the molecule is C=C(/N=C1\NCCN1C)c1cc(F)c(Nc2cccc(C(=O)N[C@@]34C[C@@H]5C[C@@](N)(C[C@@](N)(C5)C3)C4)c2)c(C2CC2)c1. The number of anilines is 2. The summed E-state index contributed by atoms with van der Waals surface area (Å²) in [7, 11) is 1.97. The molecule has 1 amide bonds. The third kappa shape index (κ3) is 4.99. The van der Waals surface area contributed by atoms with E-state index in [1.807, 2.05) is 30.1 Å². The summed E-state index contributed by atoms with van der Waals surface area (Å²) in [5.74, 6) is 0.997. The van der Waals surface area contributed by atoms with Crippen LogP contribution in [0.5, 0.6) is 0 Å². The molecule has 216 valence electrons. The van der Waals surface area contributed by atoms with Crippen molar-refractivity contribution in [2.45, 2.75) is 73.9 Å². The molecule has 1 saturated heterocycles. The first-order chi connectivity index (χ1) is 19.5. The van der Waals surface area contributed by atoms with Crippen LogP contribution in [-0.2, 0) is 0 Å². The number of benzene rings is 2. The van der Waals surface area contributed by atoms with E-state index in [4.69, 9.17) is 11.5 Å². The minimum atomic E-state index is -0.362. The molecule has 1 heterocycles. The minimum Gasteiger partial charge on any atom is -0.354 e. The number of aliphatic imine (C=N–C) groups is 1. The van der Waals surface area contributed by atoms with Crippen LogP contribution < -0.4 is 27.4 Å². The number of rotatable bonds is 7. The van der Waals surface area contributed by atoms with Gasteiger partial charge in [-0.1, -0.05) is 12.6 Å². The molecule has 2 aromatic rings. The van der Waals surface area contributed by atoms with Crippen LogP contribution >= 0.6 is 0 Å². The maximum Gasteiger partial charge on any atom is 0.251 e. The van der Waals surface area contributed by atoms with E-state index in [1.165, 1.54) is 6.07 Å². The Morgan fingerprint density at radius 1 is 1.10 bits per heavy atom. The molecule has 0 spiro atoms. The Labute approximate surface area is 240 Å². The second-order valence-electron chi connectivity index (χ2n) is 13.6. The van der Waals surface area contributed by atoms with Crippen molar-refractivity contribution >= 4 is 28.9 Å². The Balaban J connectivity index is 1.12. The number of halogens is 1. The van der Waals surface area contributed by atoms with Gasteiger partial charge in [0, 0.05) is 53.6 Å². The van der Waals surface area contributed by atoms with Crippen LogP contribution in [0.2, 0.25) is 0 Å². The smallest absolute Gasteiger partial charge is 0.251 e. The molecule has 9 heteroatoms. The first-order valence-electron chi connectivity index (χ1n) is 14.8. The number of carbonyl (C=O) groups excluding carboxylic acids is 1. The van der Waals surface area contributed by atoms with Gasteiger partial charge >= 0.3 is 0 Å². The third-order valence-corrected chi connectivity index (χ3v) is 9.73. The quantitative estimate of drug-likeness (QED) is 0.349. The van der Waals surface area contributed by atoms with Crippen molar-refractivity contribution in [3.63, 3.8) is 0 Å². The number of hydrogen-bond donors (Lipinski definition) is 5. The van der Waals surface area contributed by atoms with Crippen molar-refractivity contribution in [1.29, 1.82) is 0 Å². The normalized spacial score (nSPS) is 32.7. The molecule has 5 aliphatic carbocycles.